The van der Waals surface area contributed by atoms with Crippen LogP contribution in [0.3, 0.4) is 0 Å². The van der Waals surface area contributed by atoms with Gasteiger partial charge in [0.05, 0.1) is 0 Å². The molecular weight excluding hydrogens is 166 g/mol. The molecule has 0 aliphatic heterocycles. The van der Waals surface area contributed by atoms with Crippen LogP contribution < -0.4 is 0 Å². The quantitative estimate of drug-likeness (QED) is 0.575. The third kappa shape index (κ3) is 1.10. The Labute approximate surface area is 77.4 Å². The van der Waals surface area contributed by atoms with Gasteiger partial charge in [-0.15, -0.1) is 0 Å². The van der Waals surface area contributed by atoms with Gasteiger partial charge in [0.15, 0.2) is 11.8 Å². The molecule has 0 saturated heterocycles. The zero-order valence-electron chi connectivity index (χ0n) is 7.96. The molecule has 0 amide bonds. The summed E-state index contributed by atoms with van der Waals surface area (Å²) >= 11 is 0. The smallest absolute Gasteiger partial charge is 0.195 e. The van der Waals surface area contributed by atoms with Crippen LogP contribution in [0.5, 0.6) is 11.8 Å². The monoisotopic (exact) mass is 181 g/mol. The first-order valence-electron chi connectivity index (χ1n) is 4.75. The highest BCUT2D eigenvalue weighted by molar-refractivity contribution is 5.48. The summed E-state index contributed by atoms with van der Waals surface area (Å²) < 4.78 is 0. The summed E-state index contributed by atoms with van der Waals surface area (Å²) in [4.78, 5) is 2.59. The Kier molecular flexibility index (Phi) is 1.75. The molecule has 1 aromatic rings. The highest BCUT2D eigenvalue weighted by Crippen LogP contribution is 2.46. The predicted molar refractivity (Wildman–Crippen MR) is 50.2 cm³/mol. The average molecular weight is 181 g/mol. The van der Waals surface area contributed by atoms with Gasteiger partial charge in [0.1, 0.15) is 0 Å². The lowest BCUT2D eigenvalue weighted by molar-refractivity contribution is 0.421. The number of rotatable bonds is 0. The molecule has 3 nitrogen and oxygen atoms in total. The molecule has 0 fully saturated rings. The fourth-order valence-corrected chi connectivity index (χ4v) is 2.29. The molecule has 0 radical (unpaired) electrons. The van der Waals surface area contributed by atoms with Crippen molar-refractivity contribution in [3.05, 3.63) is 11.1 Å². The average Bonchev–Trinajstić information content (AvgIpc) is 2.36. The lowest BCUT2D eigenvalue weighted by Gasteiger charge is -2.23. The van der Waals surface area contributed by atoms with Crippen LogP contribution in [0.2, 0.25) is 0 Å². The largest absolute Gasteiger partial charge is 0.494 e. The van der Waals surface area contributed by atoms with Crippen LogP contribution in [-0.4, -0.2) is 15.2 Å². The summed E-state index contributed by atoms with van der Waals surface area (Å²) in [5.41, 5.74) is 1.83. The van der Waals surface area contributed by atoms with Crippen molar-refractivity contribution in [2.45, 2.75) is 38.5 Å². The van der Waals surface area contributed by atoms with Crippen LogP contribution in [-0.2, 0) is 0 Å². The number of hydrogen-bond donors (Lipinski definition) is 3. The molecule has 1 aromatic heterocycles. The van der Waals surface area contributed by atoms with Crippen LogP contribution in [0, 0.1) is 0 Å². The molecule has 2 rings (SSSR count). The fraction of sp³-hybridized carbons (Fsp3) is 0.600. The summed E-state index contributed by atoms with van der Waals surface area (Å²) in [6.07, 6.45) is 2.16. The minimum Gasteiger partial charge on any atom is -0.494 e. The van der Waals surface area contributed by atoms with E-state index in [0.717, 1.165) is 24.0 Å². The van der Waals surface area contributed by atoms with E-state index in [1.807, 2.05) is 0 Å². The summed E-state index contributed by atoms with van der Waals surface area (Å²) in [7, 11) is 0. The Balaban J connectivity index is 2.58. The van der Waals surface area contributed by atoms with Crippen molar-refractivity contribution in [2.24, 2.45) is 0 Å². The van der Waals surface area contributed by atoms with Crippen molar-refractivity contribution in [3.63, 3.8) is 0 Å². The van der Waals surface area contributed by atoms with Crippen molar-refractivity contribution in [3.8, 4) is 11.8 Å². The topological polar surface area (TPSA) is 56.2 Å². The second kappa shape index (κ2) is 2.69. The molecule has 1 aliphatic carbocycles. The molecule has 2 unspecified atom stereocenters. The number of nitrogens with one attached hydrogen (secondary N) is 1. The summed E-state index contributed by atoms with van der Waals surface area (Å²) in [5, 5.41) is 19.1. The molecule has 2 atom stereocenters. The van der Waals surface area contributed by atoms with E-state index in [0.29, 0.717) is 11.8 Å². The third-order valence-corrected chi connectivity index (χ3v) is 3.06. The number of aromatic nitrogens is 1. The van der Waals surface area contributed by atoms with Crippen molar-refractivity contribution in [1.29, 1.82) is 0 Å². The van der Waals surface area contributed by atoms with Gasteiger partial charge in [0.25, 0.3) is 0 Å². The molecule has 0 aromatic carbocycles. The SMILES string of the molecule is CC1CCC(C)c2c(O)[nH]c(O)c21. The van der Waals surface area contributed by atoms with Crippen molar-refractivity contribution in [1.82, 2.24) is 4.98 Å². The second-order valence-electron chi connectivity index (χ2n) is 4.03. The van der Waals surface area contributed by atoms with Crippen LogP contribution in [0.15, 0.2) is 0 Å². The number of hydrogen-bond acceptors (Lipinski definition) is 2. The second-order valence-corrected chi connectivity index (χ2v) is 4.03. The standard InChI is InChI=1S/C10H15NO2/c1-5-3-4-6(2)8-7(5)9(12)11-10(8)13/h5-6,11-13H,3-4H2,1-2H3. The first-order valence-corrected chi connectivity index (χ1v) is 4.75. The summed E-state index contributed by atoms with van der Waals surface area (Å²) in [6, 6.07) is 0. The predicted octanol–water partition coefficient (Wildman–Crippen LogP) is 2.43. The van der Waals surface area contributed by atoms with E-state index in [2.05, 4.69) is 18.8 Å². The molecule has 13 heavy (non-hydrogen) atoms. The molecule has 72 valence electrons. The van der Waals surface area contributed by atoms with Gasteiger partial charge in [0.2, 0.25) is 0 Å². The van der Waals surface area contributed by atoms with Gasteiger partial charge in [-0.1, -0.05) is 13.8 Å². The van der Waals surface area contributed by atoms with E-state index < -0.39 is 0 Å². The molecule has 0 bridgehead atoms. The Morgan fingerprint density at radius 2 is 1.38 bits per heavy atom. The van der Waals surface area contributed by atoms with Crippen molar-refractivity contribution in [2.75, 3.05) is 0 Å². The van der Waals surface area contributed by atoms with Crippen LogP contribution in [0.25, 0.3) is 0 Å². The molecule has 1 heterocycles. The fourth-order valence-electron chi connectivity index (χ4n) is 2.29. The first-order chi connectivity index (χ1) is 6.11. The Morgan fingerprint density at radius 3 is 1.77 bits per heavy atom. The molecule has 0 spiro atoms. The van der Waals surface area contributed by atoms with Crippen LogP contribution >= 0.6 is 0 Å². The van der Waals surface area contributed by atoms with Gasteiger partial charge in [-0.3, -0.25) is 4.98 Å². The van der Waals surface area contributed by atoms with E-state index in [9.17, 15) is 10.2 Å². The highest BCUT2D eigenvalue weighted by atomic mass is 16.3. The van der Waals surface area contributed by atoms with E-state index in [4.69, 9.17) is 0 Å². The van der Waals surface area contributed by atoms with Gasteiger partial charge in [0, 0.05) is 11.1 Å². The highest BCUT2D eigenvalue weighted by Gasteiger charge is 2.29. The van der Waals surface area contributed by atoms with E-state index >= 15 is 0 Å². The molecule has 1 aliphatic rings. The van der Waals surface area contributed by atoms with Gasteiger partial charge >= 0.3 is 0 Å². The maximum atomic E-state index is 9.55. The Hall–Kier alpha value is -1.12. The van der Waals surface area contributed by atoms with Gasteiger partial charge in [-0.25, -0.2) is 0 Å². The Morgan fingerprint density at radius 1 is 1.00 bits per heavy atom. The summed E-state index contributed by atoms with van der Waals surface area (Å²) in [6.45, 7) is 4.16. The maximum absolute atomic E-state index is 9.55. The van der Waals surface area contributed by atoms with Gasteiger partial charge in [-0.05, 0) is 24.7 Å². The number of H-pyrrole nitrogens is 1. The zero-order valence-corrected chi connectivity index (χ0v) is 7.96. The minimum absolute atomic E-state index is 0.145. The van der Waals surface area contributed by atoms with Crippen LogP contribution in [0.1, 0.15) is 49.7 Å². The van der Waals surface area contributed by atoms with E-state index in [1.165, 1.54) is 0 Å². The lowest BCUT2D eigenvalue weighted by Crippen LogP contribution is -2.08. The third-order valence-electron chi connectivity index (χ3n) is 3.06. The minimum atomic E-state index is 0.145. The number of aromatic amines is 1. The van der Waals surface area contributed by atoms with Gasteiger partial charge in [-0.2, -0.15) is 0 Å². The first kappa shape index (κ1) is 8.48. The van der Waals surface area contributed by atoms with Gasteiger partial charge < -0.3 is 10.2 Å². The number of fused-ring (bicyclic) bond motifs is 1. The van der Waals surface area contributed by atoms with E-state index in [1.54, 1.807) is 0 Å². The number of aromatic hydroxyl groups is 2. The molecular formula is C10H15NO2. The molecule has 0 saturated carbocycles. The lowest BCUT2D eigenvalue weighted by atomic mass is 9.80. The van der Waals surface area contributed by atoms with Crippen molar-refractivity contribution < 1.29 is 10.2 Å². The zero-order chi connectivity index (χ0) is 9.59. The molecule has 3 N–H and O–H groups in total. The summed E-state index contributed by atoms with van der Waals surface area (Å²) in [5.74, 6) is 0.991. The van der Waals surface area contributed by atoms with E-state index in [-0.39, 0.29) is 11.8 Å². The maximum Gasteiger partial charge on any atom is 0.195 e. The van der Waals surface area contributed by atoms with Crippen molar-refractivity contribution >= 4 is 0 Å². The molecule has 3 heteroatoms. The normalized spacial score (nSPS) is 27.2. The Bertz CT molecular complexity index is 299. The van der Waals surface area contributed by atoms with Crippen LogP contribution in [0.4, 0.5) is 0 Å².